The standard InChI is InChI=1S/C32H29F4N3O2/c1-31-17-20-18-37-39(23-10-8-22(33)9-11-23)27(20)15-21(31)7-12-24-25(31)13-14-26(32(34,35)36)30(24)38-29(41)16-28(40)19-5-3-2-4-6-19/h2-6,8-11,13,15,18,24,26,30H,7,12,14,16-17H2,1H3,(H,38,41)/t24-,26-,30-,31+/m1/s1. The summed E-state index contributed by atoms with van der Waals surface area (Å²) in [6.07, 6.45) is 1.86. The van der Waals surface area contributed by atoms with E-state index in [4.69, 9.17) is 0 Å². The van der Waals surface area contributed by atoms with E-state index in [0.717, 1.165) is 28.1 Å². The highest BCUT2D eigenvalue weighted by Crippen LogP contribution is 2.57. The smallest absolute Gasteiger partial charge is 0.352 e. The summed E-state index contributed by atoms with van der Waals surface area (Å²) in [6.45, 7) is 2.06. The number of aromatic nitrogens is 2. The predicted molar refractivity (Wildman–Crippen MR) is 146 cm³/mol. The normalized spacial score (nSPS) is 25.2. The topological polar surface area (TPSA) is 64.0 Å². The van der Waals surface area contributed by atoms with E-state index >= 15 is 0 Å². The van der Waals surface area contributed by atoms with E-state index in [1.807, 2.05) is 0 Å². The first-order valence-electron chi connectivity index (χ1n) is 13.7. The third-order valence-electron chi connectivity index (χ3n) is 8.91. The van der Waals surface area contributed by atoms with Gasteiger partial charge in [0.2, 0.25) is 5.91 Å². The number of carbonyl (C=O) groups excluding carboxylic acids is 2. The molecule has 41 heavy (non-hydrogen) atoms. The molecule has 0 spiro atoms. The van der Waals surface area contributed by atoms with Crippen molar-refractivity contribution in [2.45, 2.75) is 51.2 Å². The number of amides is 1. The van der Waals surface area contributed by atoms with Crippen LogP contribution in [-0.2, 0) is 11.2 Å². The van der Waals surface area contributed by atoms with Crippen molar-refractivity contribution in [3.8, 4) is 5.69 Å². The second-order valence-corrected chi connectivity index (χ2v) is 11.4. The number of allylic oxidation sites excluding steroid dienone is 2. The highest BCUT2D eigenvalue weighted by molar-refractivity contribution is 6.07. The molecule has 0 saturated heterocycles. The number of hydrogen-bond acceptors (Lipinski definition) is 3. The Morgan fingerprint density at radius 3 is 2.54 bits per heavy atom. The van der Waals surface area contributed by atoms with E-state index in [9.17, 15) is 27.2 Å². The molecule has 1 saturated carbocycles. The number of nitrogens with one attached hydrogen (secondary N) is 1. The lowest BCUT2D eigenvalue weighted by atomic mass is 9.55. The lowest BCUT2D eigenvalue weighted by molar-refractivity contribution is -0.187. The molecule has 3 aliphatic carbocycles. The Hall–Kier alpha value is -4.01. The second kappa shape index (κ2) is 10.1. The summed E-state index contributed by atoms with van der Waals surface area (Å²) in [7, 11) is 0. The van der Waals surface area contributed by atoms with Crippen LogP contribution in [0.15, 0.2) is 78.0 Å². The van der Waals surface area contributed by atoms with E-state index in [-0.39, 0.29) is 12.2 Å². The summed E-state index contributed by atoms with van der Waals surface area (Å²) in [4.78, 5) is 25.6. The summed E-state index contributed by atoms with van der Waals surface area (Å²) in [5, 5.41) is 7.18. The number of carbonyl (C=O) groups is 2. The van der Waals surface area contributed by atoms with Crippen molar-refractivity contribution in [2.24, 2.45) is 17.3 Å². The van der Waals surface area contributed by atoms with Crippen LogP contribution < -0.4 is 5.32 Å². The lowest BCUT2D eigenvalue weighted by Gasteiger charge is -2.51. The first-order chi connectivity index (χ1) is 19.5. The largest absolute Gasteiger partial charge is 0.394 e. The Morgan fingerprint density at radius 2 is 1.83 bits per heavy atom. The van der Waals surface area contributed by atoms with E-state index in [1.165, 1.54) is 12.1 Å². The van der Waals surface area contributed by atoms with Gasteiger partial charge in [0.1, 0.15) is 5.82 Å². The maximum atomic E-state index is 14.2. The number of fused-ring (bicyclic) bond motifs is 4. The van der Waals surface area contributed by atoms with E-state index in [2.05, 4.69) is 23.4 Å². The van der Waals surface area contributed by atoms with Crippen LogP contribution >= 0.6 is 0 Å². The summed E-state index contributed by atoms with van der Waals surface area (Å²) in [5.41, 5.74) is 4.39. The number of ketones is 1. The molecule has 212 valence electrons. The lowest BCUT2D eigenvalue weighted by Crippen LogP contribution is -2.55. The van der Waals surface area contributed by atoms with Crippen molar-refractivity contribution in [2.75, 3.05) is 0 Å². The second-order valence-electron chi connectivity index (χ2n) is 11.4. The minimum Gasteiger partial charge on any atom is -0.352 e. The zero-order valence-corrected chi connectivity index (χ0v) is 22.4. The Morgan fingerprint density at radius 1 is 1.10 bits per heavy atom. The third-order valence-corrected chi connectivity index (χ3v) is 8.91. The number of nitrogens with zero attached hydrogens (tertiary/aromatic N) is 2. The number of benzene rings is 2. The SMILES string of the molecule is C[C@]12Cc3cnn(-c4ccc(F)cc4)c3C=C1CC[C@@H]1C2=CC[C@@H](C(F)(F)F)[C@@H]1NC(=O)CC(=O)c1ccccc1. The van der Waals surface area contributed by atoms with E-state index < -0.39 is 47.6 Å². The van der Waals surface area contributed by atoms with Gasteiger partial charge in [0.15, 0.2) is 5.78 Å². The van der Waals surface area contributed by atoms with Gasteiger partial charge in [-0.25, -0.2) is 9.07 Å². The van der Waals surface area contributed by atoms with Crippen molar-refractivity contribution in [1.29, 1.82) is 0 Å². The van der Waals surface area contributed by atoms with Gasteiger partial charge in [0, 0.05) is 22.9 Å². The van der Waals surface area contributed by atoms with Gasteiger partial charge in [-0.1, -0.05) is 54.5 Å². The molecule has 0 unspecified atom stereocenters. The summed E-state index contributed by atoms with van der Waals surface area (Å²) in [6, 6.07) is 13.2. The molecule has 6 rings (SSSR count). The maximum Gasteiger partial charge on any atom is 0.394 e. The van der Waals surface area contributed by atoms with Crippen LogP contribution in [0, 0.1) is 23.1 Å². The number of rotatable bonds is 5. The zero-order chi connectivity index (χ0) is 28.9. The Bertz CT molecular complexity index is 1560. The minimum absolute atomic E-state index is 0.239. The van der Waals surface area contributed by atoms with Crippen LogP contribution in [0.1, 0.15) is 54.2 Å². The average Bonchev–Trinajstić information content (AvgIpc) is 3.34. The van der Waals surface area contributed by atoms with Gasteiger partial charge >= 0.3 is 6.18 Å². The molecular weight excluding hydrogens is 534 g/mol. The fourth-order valence-corrected chi connectivity index (χ4v) is 6.88. The molecule has 5 nitrogen and oxygen atoms in total. The molecular formula is C32H29F4N3O2. The number of Topliss-reactive ketones (excluding diaryl/α,β-unsaturated/α-hetero) is 1. The molecule has 0 bridgehead atoms. The van der Waals surface area contributed by atoms with Gasteiger partial charge < -0.3 is 5.32 Å². The van der Waals surface area contributed by atoms with Crippen molar-refractivity contribution in [1.82, 2.24) is 15.1 Å². The van der Waals surface area contributed by atoms with Crippen LogP contribution in [0.4, 0.5) is 17.6 Å². The molecule has 1 N–H and O–H groups in total. The molecule has 3 aromatic rings. The molecule has 2 aromatic carbocycles. The third kappa shape index (κ3) is 4.91. The number of hydrogen-bond donors (Lipinski definition) is 1. The maximum absolute atomic E-state index is 14.2. The van der Waals surface area contributed by atoms with Gasteiger partial charge in [-0.2, -0.15) is 18.3 Å². The van der Waals surface area contributed by atoms with Crippen LogP contribution in [0.3, 0.4) is 0 Å². The fourth-order valence-electron chi connectivity index (χ4n) is 6.88. The molecule has 4 atom stereocenters. The van der Waals surface area contributed by atoms with Crippen molar-refractivity contribution >= 4 is 17.8 Å². The van der Waals surface area contributed by atoms with Crippen molar-refractivity contribution in [3.05, 3.63) is 101 Å². The van der Waals surface area contributed by atoms with Crippen LogP contribution in [0.2, 0.25) is 0 Å². The number of alkyl halides is 3. The van der Waals surface area contributed by atoms with E-state index in [1.54, 1.807) is 59.4 Å². The molecule has 1 aromatic heterocycles. The minimum atomic E-state index is -4.50. The summed E-state index contributed by atoms with van der Waals surface area (Å²) >= 11 is 0. The van der Waals surface area contributed by atoms with Crippen LogP contribution in [0.25, 0.3) is 11.8 Å². The van der Waals surface area contributed by atoms with Gasteiger partial charge in [-0.3, -0.25) is 9.59 Å². The average molecular weight is 564 g/mol. The fraction of sp³-hybridized carbons (Fsp3) is 0.344. The quantitative estimate of drug-likeness (QED) is 0.164. The van der Waals surface area contributed by atoms with Crippen LogP contribution in [0.5, 0.6) is 0 Å². The highest BCUT2D eigenvalue weighted by Gasteiger charge is 2.54. The van der Waals surface area contributed by atoms with E-state index in [0.29, 0.717) is 24.8 Å². The van der Waals surface area contributed by atoms with Gasteiger partial charge in [0.25, 0.3) is 0 Å². The highest BCUT2D eigenvalue weighted by atomic mass is 19.4. The first kappa shape index (κ1) is 27.2. The Kier molecular flexibility index (Phi) is 6.71. The Balaban J connectivity index is 1.29. The predicted octanol–water partition coefficient (Wildman–Crippen LogP) is 6.63. The molecule has 3 aliphatic rings. The summed E-state index contributed by atoms with van der Waals surface area (Å²) < 4.78 is 58.0. The van der Waals surface area contributed by atoms with Gasteiger partial charge in [-0.15, -0.1) is 0 Å². The molecule has 0 aliphatic heterocycles. The number of halogens is 4. The monoisotopic (exact) mass is 563 g/mol. The summed E-state index contributed by atoms with van der Waals surface area (Å²) in [5.74, 6) is -3.72. The van der Waals surface area contributed by atoms with Gasteiger partial charge in [-0.05, 0) is 61.6 Å². The first-order valence-corrected chi connectivity index (χ1v) is 13.7. The van der Waals surface area contributed by atoms with Crippen LogP contribution in [-0.4, -0.2) is 33.7 Å². The molecule has 9 heteroatoms. The molecule has 1 heterocycles. The van der Waals surface area contributed by atoms with Crippen molar-refractivity contribution < 1.29 is 27.2 Å². The van der Waals surface area contributed by atoms with Crippen molar-refractivity contribution in [3.63, 3.8) is 0 Å². The Labute approximate surface area is 234 Å². The molecule has 0 radical (unpaired) electrons. The molecule has 1 amide bonds. The molecule has 1 fully saturated rings. The zero-order valence-electron chi connectivity index (χ0n) is 22.4. The van der Waals surface area contributed by atoms with Gasteiger partial charge in [0.05, 0.1) is 29.9 Å².